The van der Waals surface area contributed by atoms with E-state index in [1.807, 2.05) is 0 Å². The fourth-order valence-corrected chi connectivity index (χ4v) is 4.91. The molecule has 0 saturated carbocycles. The number of hydrazone groups is 1. The Hall–Kier alpha value is -3.00. The molecule has 1 aliphatic carbocycles. The van der Waals surface area contributed by atoms with Gasteiger partial charge in [0.05, 0.1) is 17.9 Å². The van der Waals surface area contributed by atoms with Crippen LogP contribution in [0.2, 0.25) is 0 Å². The summed E-state index contributed by atoms with van der Waals surface area (Å²) in [6.45, 7) is 3.88. The molecule has 0 radical (unpaired) electrons. The van der Waals surface area contributed by atoms with Gasteiger partial charge in [0.1, 0.15) is 16.6 Å². The number of fused-ring (bicyclic) bond motifs is 3. The Morgan fingerprint density at radius 3 is 2.93 bits per heavy atom. The number of aromatic hydroxyl groups is 1. The second-order valence-electron chi connectivity index (χ2n) is 7.49. The minimum Gasteiger partial charge on any atom is -0.508 e. The van der Waals surface area contributed by atoms with Gasteiger partial charge < -0.3 is 5.11 Å². The van der Waals surface area contributed by atoms with Crippen molar-refractivity contribution in [3.63, 3.8) is 0 Å². The normalized spacial score (nSPS) is 17.4. The Bertz CT molecular complexity index is 1150. The maximum Gasteiger partial charge on any atom is 0.263 e. The molecule has 0 fully saturated rings. The van der Waals surface area contributed by atoms with Gasteiger partial charge in [-0.3, -0.25) is 14.2 Å². The number of carbonyl (C=O) groups excluding carboxylic acids is 1. The molecule has 0 saturated heterocycles. The van der Waals surface area contributed by atoms with E-state index in [-0.39, 0.29) is 11.3 Å². The Labute approximate surface area is 171 Å². The van der Waals surface area contributed by atoms with Crippen molar-refractivity contribution in [1.82, 2.24) is 15.0 Å². The maximum absolute atomic E-state index is 13.1. The third kappa shape index (κ3) is 3.80. The molecular weight excluding hydrogens is 388 g/mol. The van der Waals surface area contributed by atoms with Gasteiger partial charge in [-0.1, -0.05) is 6.92 Å². The molecule has 29 heavy (non-hydrogen) atoms. The first-order valence-electron chi connectivity index (χ1n) is 9.57. The predicted octanol–water partition coefficient (Wildman–Crippen LogP) is 3.00. The number of aromatic nitrogens is 2. The van der Waals surface area contributed by atoms with Crippen LogP contribution in [0, 0.1) is 5.92 Å². The lowest BCUT2D eigenvalue weighted by molar-refractivity contribution is -0.123. The molecule has 2 heterocycles. The van der Waals surface area contributed by atoms with Gasteiger partial charge in [-0.15, -0.1) is 11.3 Å². The summed E-state index contributed by atoms with van der Waals surface area (Å²) in [5.41, 5.74) is 4.13. The molecule has 1 aromatic carbocycles. The van der Waals surface area contributed by atoms with E-state index in [2.05, 4.69) is 22.4 Å². The summed E-state index contributed by atoms with van der Waals surface area (Å²) < 4.78 is 1.37. The summed E-state index contributed by atoms with van der Waals surface area (Å²) in [5, 5.41) is 13.9. The molecule has 2 N–H and O–H groups in total. The molecule has 2 unspecified atom stereocenters. The molecule has 2 aromatic heterocycles. The molecule has 3 aromatic rings. The van der Waals surface area contributed by atoms with Gasteiger partial charge in [-0.25, -0.2) is 10.4 Å². The quantitative estimate of drug-likeness (QED) is 0.510. The fourth-order valence-electron chi connectivity index (χ4n) is 3.57. The van der Waals surface area contributed by atoms with Crippen molar-refractivity contribution in [3.05, 3.63) is 57.0 Å². The van der Waals surface area contributed by atoms with Crippen LogP contribution in [0.15, 0.2) is 40.5 Å². The van der Waals surface area contributed by atoms with Crippen LogP contribution in [-0.2, 0) is 17.6 Å². The van der Waals surface area contributed by atoms with Crippen LogP contribution in [0.1, 0.15) is 42.3 Å². The number of thiophene rings is 1. The van der Waals surface area contributed by atoms with Crippen LogP contribution in [0.4, 0.5) is 0 Å². The predicted molar refractivity (Wildman–Crippen MR) is 114 cm³/mol. The maximum atomic E-state index is 13.1. The van der Waals surface area contributed by atoms with Gasteiger partial charge in [0.2, 0.25) is 0 Å². The molecule has 0 spiro atoms. The topological polar surface area (TPSA) is 96.6 Å². The number of nitrogens with one attached hydrogen (secondary N) is 1. The second kappa shape index (κ2) is 7.79. The highest BCUT2D eigenvalue weighted by molar-refractivity contribution is 7.18. The van der Waals surface area contributed by atoms with E-state index in [9.17, 15) is 14.7 Å². The Balaban J connectivity index is 1.55. The first-order valence-corrected chi connectivity index (χ1v) is 10.4. The summed E-state index contributed by atoms with van der Waals surface area (Å²) in [7, 11) is 0. The Morgan fingerprint density at radius 1 is 1.41 bits per heavy atom. The van der Waals surface area contributed by atoms with Gasteiger partial charge in [0, 0.05) is 4.88 Å². The van der Waals surface area contributed by atoms with Gasteiger partial charge in [0.25, 0.3) is 11.5 Å². The summed E-state index contributed by atoms with van der Waals surface area (Å²) in [4.78, 5) is 32.1. The number of hydrogen-bond acceptors (Lipinski definition) is 6. The number of amides is 1. The van der Waals surface area contributed by atoms with Crippen LogP contribution >= 0.6 is 11.3 Å². The first-order chi connectivity index (χ1) is 13.9. The number of phenolic OH excluding ortho intramolecular Hbond substituents is 1. The lowest BCUT2D eigenvalue weighted by Crippen LogP contribution is -2.34. The minimum absolute atomic E-state index is 0.159. The van der Waals surface area contributed by atoms with Gasteiger partial charge in [-0.05, 0) is 67.5 Å². The van der Waals surface area contributed by atoms with E-state index in [4.69, 9.17) is 0 Å². The molecule has 1 amide bonds. The van der Waals surface area contributed by atoms with E-state index >= 15 is 0 Å². The molecule has 0 bridgehead atoms. The largest absolute Gasteiger partial charge is 0.508 e. The highest BCUT2D eigenvalue weighted by atomic mass is 32.1. The number of aryl methyl sites for hydroxylation is 1. The van der Waals surface area contributed by atoms with Crippen molar-refractivity contribution in [2.45, 2.75) is 39.2 Å². The van der Waals surface area contributed by atoms with Gasteiger partial charge in [0.15, 0.2) is 0 Å². The molecule has 2 atom stereocenters. The first kappa shape index (κ1) is 19.3. The van der Waals surface area contributed by atoms with E-state index in [1.165, 1.54) is 34.1 Å². The molecule has 8 heteroatoms. The van der Waals surface area contributed by atoms with E-state index < -0.39 is 11.9 Å². The zero-order valence-corrected chi connectivity index (χ0v) is 17.1. The van der Waals surface area contributed by atoms with Crippen LogP contribution in [0.3, 0.4) is 0 Å². The number of benzene rings is 1. The average Bonchev–Trinajstić information content (AvgIpc) is 3.07. The van der Waals surface area contributed by atoms with Crippen molar-refractivity contribution >= 4 is 33.7 Å². The molecule has 1 aliphatic rings. The third-order valence-corrected chi connectivity index (χ3v) is 6.48. The van der Waals surface area contributed by atoms with E-state index in [1.54, 1.807) is 30.4 Å². The summed E-state index contributed by atoms with van der Waals surface area (Å²) in [5.74, 6) is 0.377. The summed E-state index contributed by atoms with van der Waals surface area (Å²) in [6, 6.07) is 5.69. The van der Waals surface area contributed by atoms with E-state index in [0.717, 1.165) is 35.2 Å². The highest BCUT2D eigenvalue weighted by Gasteiger charge is 2.25. The molecule has 0 aliphatic heterocycles. The van der Waals surface area contributed by atoms with Crippen molar-refractivity contribution in [1.29, 1.82) is 0 Å². The monoisotopic (exact) mass is 410 g/mol. The standard InChI is InChI=1S/C21H22N4O3S/c1-12-3-8-16-17(9-12)29-20-18(16)21(28)25(11-22-20)13(2)19(27)24-23-10-14-4-6-15(26)7-5-14/h4-7,10-13,26H,3,8-9H2,1-2H3,(H,24,27)/b23-10-. The minimum atomic E-state index is -0.741. The molecule has 7 nitrogen and oxygen atoms in total. The molecule has 4 rings (SSSR count). The summed E-state index contributed by atoms with van der Waals surface area (Å²) >= 11 is 1.59. The van der Waals surface area contributed by atoms with Crippen molar-refractivity contribution in [2.75, 3.05) is 0 Å². The summed E-state index contributed by atoms with van der Waals surface area (Å²) in [6.07, 6.45) is 5.86. The zero-order valence-electron chi connectivity index (χ0n) is 16.3. The van der Waals surface area contributed by atoms with Crippen LogP contribution in [0.5, 0.6) is 5.75 Å². The van der Waals surface area contributed by atoms with Crippen molar-refractivity contribution < 1.29 is 9.90 Å². The Kier molecular flexibility index (Phi) is 5.19. The molecular formula is C21H22N4O3S. The SMILES string of the molecule is CC1CCc2c(sc3ncn(C(C)C(=O)N/N=C\c4ccc(O)cc4)c(=O)c23)C1. The lowest BCUT2D eigenvalue weighted by Gasteiger charge is -2.18. The number of hydrogen-bond donors (Lipinski definition) is 2. The van der Waals surface area contributed by atoms with Crippen molar-refractivity contribution in [3.8, 4) is 5.75 Å². The van der Waals surface area contributed by atoms with Crippen LogP contribution in [0.25, 0.3) is 10.2 Å². The molecule has 150 valence electrons. The zero-order chi connectivity index (χ0) is 20.5. The lowest BCUT2D eigenvalue weighted by atomic mass is 9.89. The number of carbonyl (C=O) groups is 1. The number of nitrogens with zero attached hydrogens (tertiary/aromatic N) is 3. The second-order valence-corrected chi connectivity index (χ2v) is 8.57. The van der Waals surface area contributed by atoms with Gasteiger partial charge >= 0.3 is 0 Å². The van der Waals surface area contributed by atoms with Crippen LogP contribution in [-0.4, -0.2) is 26.8 Å². The smallest absolute Gasteiger partial charge is 0.263 e. The fraction of sp³-hybridized carbons (Fsp3) is 0.333. The van der Waals surface area contributed by atoms with Crippen LogP contribution < -0.4 is 11.0 Å². The van der Waals surface area contributed by atoms with Gasteiger partial charge in [-0.2, -0.15) is 5.10 Å². The third-order valence-electron chi connectivity index (χ3n) is 5.32. The highest BCUT2D eigenvalue weighted by Crippen LogP contribution is 2.35. The Morgan fingerprint density at radius 2 is 2.17 bits per heavy atom. The van der Waals surface area contributed by atoms with Crippen molar-refractivity contribution in [2.24, 2.45) is 11.0 Å². The van der Waals surface area contributed by atoms with E-state index in [0.29, 0.717) is 11.3 Å². The number of phenols is 1. The number of rotatable bonds is 4. The average molecular weight is 410 g/mol.